The monoisotopic (exact) mass is 475 g/mol. The molecule has 0 aliphatic carbocycles. The van der Waals surface area contributed by atoms with Crippen LogP contribution in [0.25, 0.3) is 6.08 Å². The molecular formula is C19H14BrN3O5S. The maximum absolute atomic E-state index is 12.3. The summed E-state index contributed by atoms with van der Waals surface area (Å²) in [7, 11) is 1.48. The Hall–Kier alpha value is -3.11. The van der Waals surface area contributed by atoms with Crippen LogP contribution in [0, 0.1) is 10.1 Å². The number of nitrogens with zero attached hydrogens (tertiary/aromatic N) is 2. The summed E-state index contributed by atoms with van der Waals surface area (Å²) in [5.74, 6) is -0.530. The highest BCUT2D eigenvalue weighted by atomic mass is 79.9. The predicted octanol–water partition coefficient (Wildman–Crippen LogP) is 3.19. The second kappa shape index (κ2) is 8.50. The van der Waals surface area contributed by atoms with E-state index < -0.39 is 16.7 Å². The first-order valence-corrected chi connectivity index (χ1v) is 9.47. The van der Waals surface area contributed by atoms with Gasteiger partial charge in [-0.15, -0.1) is 0 Å². The van der Waals surface area contributed by atoms with Gasteiger partial charge in [0.1, 0.15) is 17.9 Å². The van der Waals surface area contributed by atoms with Crippen LogP contribution in [-0.2, 0) is 16.2 Å². The largest absolute Gasteiger partial charge is 0.488 e. The van der Waals surface area contributed by atoms with Crippen LogP contribution in [0.3, 0.4) is 0 Å². The molecule has 148 valence electrons. The van der Waals surface area contributed by atoms with E-state index in [1.807, 2.05) is 0 Å². The molecule has 0 atom stereocenters. The fraction of sp³-hybridized carbons (Fsp3) is 0.105. The van der Waals surface area contributed by atoms with Gasteiger partial charge < -0.3 is 4.74 Å². The molecule has 8 nitrogen and oxygen atoms in total. The number of halogens is 1. The van der Waals surface area contributed by atoms with Gasteiger partial charge in [0, 0.05) is 19.2 Å². The molecule has 0 aromatic heterocycles. The summed E-state index contributed by atoms with van der Waals surface area (Å²) in [5, 5.41) is 13.4. The van der Waals surface area contributed by atoms with E-state index in [9.17, 15) is 19.7 Å². The number of likely N-dealkylation sites (N-methyl/N-ethyl adjacent to an activating group) is 1. The molecule has 0 spiro atoms. The van der Waals surface area contributed by atoms with E-state index in [1.165, 1.54) is 30.2 Å². The van der Waals surface area contributed by atoms with E-state index in [0.29, 0.717) is 21.3 Å². The maximum atomic E-state index is 12.3. The first-order valence-electron chi connectivity index (χ1n) is 8.27. The van der Waals surface area contributed by atoms with Crippen molar-refractivity contribution in [2.45, 2.75) is 6.61 Å². The van der Waals surface area contributed by atoms with E-state index in [1.54, 1.807) is 30.3 Å². The molecule has 1 aliphatic heterocycles. The molecule has 1 saturated heterocycles. The van der Waals surface area contributed by atoms with Gasteiger partial charge in [-0.1, -0.05) is 18.2 Å². The fourth-order valence-corrected chi connectivity index (χ4v) is 3.24. The highest BCUT2D eigenvalue weighted by Crippen LogP contribution is 2.28. The zero-order chi connectivity index (χ0) is 21.1. The standard InChI is InChI=1S/C19H14BrN3O5S/c1-22-18(25)14(17(24)21-19(22)29)8-11-5-6-16(15(20)9-11)28-10-12-3-2-4-13(7-12)23(26)27/h2-9H,10H2,1H3,(H,21,24,29)/b14-8+. The van der Waals surface area contributed by atoms with Crippen molar-refractivity contribution >= 4 is 56.8 Å². The molecule has 2 aromatic carbocycles. The molecule has 0 radical (unpaired) electrons. The first kappa shape index (κ1) is 20.6. The van der Waals surface area contributed by atoms with Crippen molar-refractivity contribution in [2.75, 3.05) is 7.05 Å². The third-order valence-corrected chi connectivity index (χ3v) is 5.08. The van der Waals surface area contributed by atoms with Crippen molar-refractivity contribution < 1.29 is 19.2 Å². The number of nitro benzene ring substituents is 1. The maximum Gasteiger partial charge on any atom is 0.269 e. The van der Waals surface area contributed by atoms with E-state index >= 15 is 0 Å². The molecule has 2 aromatic rings. The van der Waals surface area contributed by atoms with E-state index in [-0.39, 0.29) is 23.0 Å². The van der Waals surface area contributed by atoms with Gasteiger partial charge >= 0.3 is 0 Å². The lowest BCUT2D eigenvalue weighted by molar-refractivity contribution is -0.384. The zero-order valence-electron chi connectivity index (χ0n) is 15.0. The van der Waals surface area contributed by atoms with Gasteiger partial charge in [-0.05, 0) is 57.5 Å². The summed E-state index contributed by atoms with van der Waals surface area (Å²) < 4.78 is 6.32. The first-order chi connectivity index (χ1) is 13.8. The lowest BCUT2D eigenvalue weighted by Gasteiger charge is -2.25. The van der Waals surface area contributed by atoms with Crippen molar-refractivity contribution in [1.82, 2.24) is 10.2 Å². The molecule has 1 aliphatic rings. The molecule has 29 heavy (non-hydrogen) atoms. The lowest BCUT2D eigenvalue weighted by atomic mass is 10.1. The number of non-ortho nitro benzene ring substituents is 1. The molecule has 0 saturated carbocycles. The van der Waals surface area contributed by atoms with Gasteiger partial charge in [0.05, 0.1) is 9.40 Å². The number of carbonyl (C=O) groups is 2. The van der Waals surface area contributed by atoms with Crippen LogP contribution in [0.5, 0.6) is 5.75 Å². The average Bonchev–Trinajstić information content (AvgIpc) is 2.69. The summed E-state index contributed by atoms with van der Waals surface area (Å²) in [4.78, 5) is 35.9. The van der Waals surface area contributed by atoms with Crippen LogP contribution in [0.1, 0.15) is 11.1 Å². The number of rotatable bonds is 5. The average molecular weight is 476 g/mol. The van der Waals surface area contributed by atoms with Crippen molar-refractivity contribution in [3.63, 3.8) is 0 Å². The van der Waals surface area contributed by atoms with Crippen LogP contribution in [-0.4, -0.2) is 33.8 Å². The Labute approximate surface area is 179 Å². The highest BCUT2D eigenvalue weighted by molar-refractivity contribution is 9.10. The second-order valence-electron chi connectivity index (χ2n) is 6.09. The summed E-state index contributed by atoms with van der Waals surface area (Å²) >= 11 is 8.31. The minimum atomic E-state index is -0.555. The van der Waals surface area contributed by atoms with Crippen molar-refractivity contribution in [3.05, 3.63) is 73.8 Å². The number of benzene rings is 2. The van der Waals surface area contributed by atoms with E-state index in [0.717, 1.165) is 0 Å². The number of ether oxygens (including phenoxy) is 1. The van der Waals surface area contributed by atoms with Gasteiger partial charge in [0.15, 0.2) is 5.11 Å². The van der Waals surface area contributed by atoms with Crippen LogP contribution in [0.2, 0.25) is 0 Å². The van der Waals surface area contributed by atoms with Crippen LogP contribution in [0.4, 0.5) is 5.69 Å². The van der Waals surface area contributed by atoms with Gasteiger partial charge in [0.25, 0.3) is 17.5 Å². The van der Waals surface area contributed by atoms with Gasteiger partial charge in [-0.25, -0.2) is 0 Å². The molecule has 1 fully saturated rings. The van der Waals surface area contributed by atoms with E-state index in [4.69, 9.17) is 17.0 Å². The molecule has 1 N–H and O–H groups in total. The number of nitro groups is 1. The topological polar surface area (TPSA) is 102 Å². The molecule has 0 unspecified atom stereocenters. The molecule has 10 heteroatoms. The summed E-state index contributed by atoms with van der Waals surface area (Å²) in [6.07, 6.45) is 1.46. The number of hydrogen-bond acceptors (Lipinski definition) is 6. The summed E-state index contributed by atoms with van der Waals surface area (Å²) in [5.41, 5.74) is 1.23. The number of carbonyl (C=O) groups excluding carboxylic acids is 2. The Balaban J connectivity index is 1.76. The Morgan fingerprint density at radius 3 is 2.72 bits per heavy atom. The van der Waals surface area contributed by atoms with Crippen LogP contribution >= 0.6 is 28.1 Å². The predicted molar refractivity (Wildman–Crippen MR) is 113 cm³/mol. The number of thiocarbonyl (C=S) groups is 1. The van der Waals surface area contributed by atoms with Gasteiger partial charge in [0.2, 0.25) is 0 Å². The lowest BCUT2D eigenvalue weighted by Crippen LogP contribution is -2.52. The van der Waals surface area contributed by atoms with Crippen molar-refractivity contribution in [2.24, 2.45) is 0 Å². The van der Waals surface area contributed by atoms with Crippen LogP contribution in [0.15, 0.2) is 52.5 Å². The van der Waals surface area contributed by atoms with Gasteiger partial charge in [-0.3, -0.25) is 29.9 Å². The molecular weight excluding hydrogens is 462 g/mol. The van der Waals surface area contributed by atoms with E-state index in [2.05, 4.69) is 21.2 Å². The van der Waals surface area contributed by atoms with Crippen molar-refractivity contribution in [3.8, 4) is 5.75 Å². The SMILES string of the molecule is CN1C(=O)/C(=C/c2ccc(OCc3cccc([N+](=O)[O-])c3)c(Br)c2)C(=O)NC1=S. The molecule has 0 bridgehead atoms. The Bertz CT molecular complexity index is 1070. The van der Waals surface area contributed by atoms with Crippen molar-refractivity contribution in [1.29, 1.82) is 0 Å². The zero-order valence-corrected chi connectivity index (χ0v) is 17.5. The van der Waals surface area contributed by atoms with Gasteiger partial charge in [-0.2, -0.15) is 0 Å². The Morgan fingerprint density at radius 1 is 1.28 bits per heavy atom. The third-order valence-electron chi connectivity index (χ3n) is 4.09. The Morgan fingerprint density at radius 2 is 2.03 bits per heavy atom. The number of amides is 2. The molecule has 2 amide bonds. The number of hydrogen-bond donors (Lipinski definition) is 1. The minimum absolute atomic E-state index is 0.00739. The third kappa shape index (κ3) is 4.66. The second-order valence-corrected chi connectivity index (χ2v) is 7.33. The number of nitrogens with one attached hydrogen (secondary N) is 1. The summed E-state index contributed by atoms with van der Waals surface area (Å²) in [6.45, 7) is 0.143. The summed E-state index contributed by atoms with van der Waals surface area (Å²) in [6, 6.07) is 11.2. The highest BCUT2D eigenvalue weighted by Gasteiger charge is 2.30. The smallest absolute Gasteiger partial charge is 0.269 e. The Kier molecular flexibility index (Phi) is 6.04. The van der Waals surface area contributed by atoms with Crippen LogP contribution < -0.4 is 10.1 Å². The molecule has 1 heterocycles. The quantitative estimate of drug-likeness (QED) is 0.234. The minimum Gasteiger partial charge on any atom is -0.488 e. The normalized spacial score (nSPS) is 15.4. The molecule has 3 rings (SSSR count). The fourth-order valence-electron chi connectivity index (χ4n) is 2.56.